The zero-order valence-electron chi connectivity index (χ0n) is 20.5. The van der Waals surface area contributed by atoms with E-state index in [1.54, 1.807) is 36.4 Å². The summed E-state index contributed by atoms with van der Waals surface area (Å²) in [7, 11) is 0. The molecular weight excluding hydrogens is 526 g/mol. The molecule has 0 aliphatic heterocycles. The van der Waals surface area contributed by atoms with Crippen molar-refractivity contribution in [3.05, 3.63) is 111 Å². The molecule has 0 aliphatic rings. The van der Waals surface area contributed by atoms with Gasteiger partial charge in [0.15, 0.2) is 0 Å². The van der Waals surface area contributed by atoms with Crippen LogP contribution in [-0.2, 0) is 44.7 Å². The number of pyridine rings is 1. The maximum atomic E-state index is 13.3. The molecule has 0 unspecified atom stereocenters. The van der Waals surface area contributed by atoms with E-state index in [0.717, 1.165) is 5.56 Å². The van der Waals surface area contributed by atoms with Crippen molar-refractivity contribution in [1.82, 2.24) is 19.3 Å². The van der Waals surface area contributed by atoms with Gasteiger partial charge in [0.05, 0.1) is 23.4 Å². The second-order valence-corrected chi connectivity index (χ2v) is 8.98. The van der Waals surface area contributed by atoms with Gasteiger partial charge < -0.3 is 5.11 Å². The number of benzene rings is 2. The summed E-state index contributed by atoms with van der Waals surface area (Å²) in [6, 6.07) is 13.5. The lowest BCUT2D eigenvalue weighted by molar-refractivity contribution is -0.143. The second-order valence-electron chi connectivity index (χ2n) is 8.98. The predicted octanol–water partition coefficient (Wildman–Crippen LogP) is 5.65. The van der Waals surface area contributed by atoms with Gasteiger partial charge in [0.25, 0.3) is 0 Å². The summed E-state index contributed by atoms with van der Waals surface area (Å²) in [6.07, 6.45) is -7.84. The van der Waals surface area contributed by atoms with Crippen LogP contribution in [0.15, 0.2) is 71.7 Å². The molecule has 2 heterocycles. The van der Waals surface area contributed by atoms with E-state index in [2.05, 4.69) is 10.1 Å². The van der Waals surface area contributed by atoms with Gasteiger partial charge in [0.1, 0.15) is 11.6 Å². The predicted molar refractivity (Wildman–Crippen MR) is 130 cm³/mol. The van der Waals surface area contributed by atoms with Crippen molar-refractivity contribution in [3.63, 3.8) is 0 Å². The van der Waals surface area contributed by atoms with Crippen LogP contribution in [0.3, 0.4) is 0 Å². The number of rotatable bonds is 9. The third-order valence-electron chi connectivity index (χ3n) is 6.12. The highest BCUT2D eigenvalue weighted by Crippen LogP contribution is 2.36. The molecule has 0 amide bonds. The highest BCUT2D eigenvalue weighted by atomic mass is 19.4. The molecule has 1 N–H and O–H groups in total. The highest BCUT2D eigenvalue weighted by molar-refractivity contribution is 5.34. The lowest BCUT2D eigenvalue weighted by atomic mass is 10.0. The first kappa shape index (κ1) is 27.9. The Labute approximate surface area is 219 Å². The minimum atomic E-state index is -4.95. The van der Waals surface area contributed by atoms with Gasteiger partial charge >= 0.3 is 18.0 Å². The molecule has 0 fully saturated rings. The molecule has 4 rings (SSSR count). The van der Waals surface area contributed by atoms with Crippen LogP contribution >= 0.6 is 0 Å². The molecule has 206 valence electrons. The van der Waals surface area contributed by atoms with Crippen molar-refractivity contribution < 1.29 is 31.4 Å². The van der Waals surface area contributed by atoms with Crippen molar-refractivity contribution in [2.24, 2.45) is 0 Å². The van der Waals surface area contributed by atoms with E-state index in [1.807, 2.05) is 0 Å². The summed E-state index contributed by atoms with van der Waals surface area (Å²) >= 11 is 0. The number of aromatic nitrogens is 4. The average Bonchev–Trinajstić information content (AvgIpc) is 3.17. The normalized spacial score (nSPS) is 12.2. The molecule has 6 nitrogen and oxygen atoms in total. The minimum Gasteiger partial charge on any atom is -0.506 e. The van der Waals surface area contributed by atoms with Gasteiger partial charge in [-0.05, 0) is 60.7 Å². The molecule has 4 aromatic rings. The lowest BCUT2D eigenvalue weighted by Crippen LogP contribution is -2.26. The maximum Gasteiger partial charge on any atom is 0.416 e. The fourth-order valence-corrected chi connectivity index (χ4v) is 4.18. The summed E-state index contributed by atoms with van der Waals surface area (Å²) in [4.78, 5) is 17.3. The van der Waals surface area contributed by atoms with Gasteiger partial charge in [0, 0.05) is 19.2 Å². The Kier molecular flexibility index (Phi) is 8.12. The van der Waals surface area contributed by atoms with E-state index in [9.17, 15) is 36.2 Å². The standard InChI is InChI=1S/C27H24F6N4O2/c28-26(29,30)20-14-19(15-21(16-20)27(31,32)33)10-11-24-35-37(13-5-8-22-23(38)9-4-12-34-22)25(39)36(24)17-18-6-2-1-3-7-18/h1-4,6-7,9,12,14-16,38H,5,8,10-11,13,17H2. The number of halogens is 6. The summed E-state index contributed by atoms with van der Waals surface area (Å²) in [5.41, 5.74) is -2.18. The van der Waals surface area contributed by atoms with Crippen molar-refractivity contribution in [3.8, 4) is 5.75 Å². The van der Waals surface area contributed by atoms with Crippen molar-refractivity contribution in [2.45, 2.75) is 51.1 Å². The molecule has 0 bridgehead atoms. The van der Waals surface area contributed by atoms with Gasteiger partial charge in [-0.3, -0.25) is 9.55 Å². The molecule has 0 saturated heterocycles. The Morgan fingerprint density at radius 2 is 1.46 bits per heavy atom. The maximum absolute atomic E-state index is 13.3. The summed E-state index contributed by atoms with van der Waals surface area (Å²) in [5, 5.41) is 14.3. The number of hydrogen-bond donors (Lipinski definition) is 1. The van der Waals surface area contributed by atoms with E-state index in [0.29, 0.717) is 30.7 Å². The molecule has 0 spiro atoms. The van der Waals surface area contributed by atoms with Crippen LogP contribution in [-0.4, -0.2) is 24.4 Å². The molecule has 0 aliphatic carbocycles. The fraction of sp³-hybridized carbons (Fsp3) is 0.296. The number of hydrogen-bond acceptors (Lipinski definition) is 4. The summed E-state index contributed by atoms with van der Waals surface area (Å²) in [5.74, 6) is 0.259. The Hall–Kier alpha value is -4.09. The molecule has 12 heteroatoms. The zero-order valence-corrected chi connectivity index (χ0v) is 20.5. The van der Waals surface area contributed by atoms with E-state index < -0.39 is 29.2 Å². The monoisotopic (exact) mass is 550 g/mol. The lowest BCUT2D eigenvalue weighted by Gasteiger charge is -2.14. The number of aryl methyl sites for hydroxylation is 4. The van der Waals surface area contributed by atoms with Crippen LogP contribution in [0, 0.1) is 0 Å². The van der Waals surface area contributed by atoms with Crippen LogP contribution in [0.5, 0.6) is 5.75 Å². The van der Waals surface area contributed by atoms with E-state index in [-0.39, 0.29) is 49.1 Å². The van der Waals surface area contributed by atoms with Crippen LogP contribution in [0.4, 0.5) is 26.3 Å². The fourth-order valence-electron chi connectivity index (χ4n) is 4.18. The van der Waals surface area contributed by atoms with Crippen LogP contribution < -0.4 is 5.69 Å². The molecule has 0 radical (unpaired) electrons. The summed E-state index contributed by atoms with van der Waals surface area (Å²) < 4.78 is 82.3. The van der Waals surface area contributed by atoms with Crippen molar-refractivity contribution >= 4 is 0 Å². The molecule has 0 saturated carbocycles. The Bertz CT molecular complexity index is 1440. The third kappa shape index (κ3) is 7.06. The van der Waals surface area contributed by atoms with Gasteiger partial charge in [-0.2, -0.15) is 31.4 Å². The SMILES string of the molecule is O=c1n(CCCc2ncccc2O)nc(CCc2cc(C(F)(F)F)cc(C(F)(F)F)c2)n1Cc1ccccc1. The first-order valence-corrected chi connectivity index (χ1v) is 12.0. The van der Waals surface area contributed by atoms with Gasteiger partial charge in [-0.25, -0.2) is 9.48 Å². The minimum absolute atomic E-state index is 0.0273. The first-order chi connectivity index (χ1) is 18.4. The quantitative estimate of drug-likeness (QED) is 0.274. The number of nitrogens with zero attached hydrogens (tertiary/aromatic N) is 4. The Balaban J connectivity index is 1.60. The second kappa shape index (κ2) is 11.3. The smallest absolute Gasteiger partial charge is 0.416 e. The van der Waals surface area contributed by atoms with Crippen LogP contribution in [0.25, 0.3) is 0 Å². The van der Waals surface area contributed by atoms with E-state index >= 15 is 0 Å². The summed E-state index contributed by atoms with van der Waals surface area (Å²) in [6.45, 7) is 0.303. The zero-order chi connectivity index (χ0) is 28.2. The highest BCUT2D eigenvalue weighted by Gasteiger charge is 2.36. The molecule has 39 heavy (non-hydrogen) atoms. The Morgan fingerprint density at radius 3 is 2.08 bits per heavy atom. The third-order valence-corrected chi connectivity index (χ3v) is 6.12. The number of aromatic hydroxyl groups is 1. The number of alkyl halides is 6. The van der Waals surface area contributed by atoms with Crippen LogP contribution in [0.1, 0.15) is 40.2 Å². The van der Waals surface area contributed by atoms with Gasteiger partial charge in [-0.1, -0.05) is 30.3 Å². The average molecular weight is 551 g/mol. The molecule has 2 aromatic heterocycles. The largest absolute Gasteiger partial charge is 0.506 e. The topological polar surface area (TPSA) is 72.9 Å². The molecule has 0 atom stereocenters. The van der Waals surface area contributed by atoms with Gasteiger partial charge in [0.2, 0.25) is 0 Å². The van der Waals surface area contributed by atoms with E-state index in [1.165, 1.54) is 21.5 Å². The first-order valence-electron chi connectivity index (χ1n) is 12.0. The molecule has 2 aromatic carbocycles. The van der Waals surface area contributed by atoms with E-state index in [4.69, 9.17) is 0 Å². The van der Waals surface area contributed by atoms with Gasteiger partial charge in [-0.15, -0.1) is 0 Å². The van der Waals surface area contributed by atoms with Crippen LogP contribution in [0.2, 0.25) is 0 Å². The Morgan fingerprint density at radius 1 is 0.795 bits per heavy atom. The molecular formula is C27H24F6N4O2. The van der Waals surface area contributed by atoms with Crippen molar-refractivity contribution in [1.29, 1.82) is 0 Å². The van der Waals surface area contributed by atoms with Crippen molar-refractivity contribution in [2.75, 3.05) is 0 Å².